The van der Waals surface area contributed by atoms with Crippen molar-refractivity contribution >= 4 is 51.7 Å². The number of hydrogen-bond donors (Lipinski definition) is 0. The molecule has 166 valence electrons. The van der Waals surface area contributed by atoms with Crippen molar-refractivity contribution in [1.82, 2.24) is 4.98 Å². The minimum absolute atomic E-state index is 0.132. The number of carbonyl (C=O) groups is 1. The van der Waals surface area contributed by atoms with Crippen molar-refractivity contribution in [1.29, 1.82) is 0 Å². The van der Waals surface area contributed by atoms with Gasteiger partial charge in [-0.05, 0) is 42.8 Å². The molecule has 1 fully saturated rings. The van der Waals surface area contributed by atoms with Gasteiger partial charge in [0.15, 0.2) is 15.8 Å². The lowest BCUT2D eigenvalue weighted by molar-refractivity contribution is -0.385. The Morgan fingerprint density at radius 3 is 2.52 bits per heavy atom. The number of thiocarbonyl (C=S) groups is 1. The van der Waals surface area contributed by atoms with Gasteiger partial charge in [-0.25, -0.2) is 4.98 Å². The smallest absolute Gasteiger partial charge is 0.287 e. The first-order chi connectivity index (χ1) is 15.9. The molecule has 0 saturated carbocycles. The molecule has 8 nitrogen and oxygen atoms in total. The molecule has 1 aromatic heterocycles. The van der Waals surface area contributed by atoms with Crippen LogP contribution in [0.25, 0.3) is 6.08 Å². The molecule has 0 atom stereocenters. The highest BCUT2D eigenvalue weighted by Crippen LogP contribution is 2.38. The normalized spacial score (nSPS) is 14.6. The van der Waals surface area contributed by atoms with Crippen LogP contribution in [0.3, 0.4) is 0 Å². The zero-order chi connectivity index (χ0) is 23.5. The number of amides is 1. The van der Waals surface area contributed by atoms with Gasteiger partial charge in [-0.3, -0.25) is 19.8 Å². The number of pyridine rings is 1. The minimum atomic E-state index is -0.534. The Balaban J connectivity index is 1.56. The highest BCUT2D eigenvalue weighted by molar-refractivity contribution is 8.27. The lowest BCUT2D eigenvalue weighted by Gasteiger charge is -2.14. The standard InChI is InChI=1S/C23H17N3O5S2/c1-14-3-6-16(7-4-14)25-22(27)20(33-23(25)32)12-15-5-9-18(19(11-15)30-2)31-21-10-8-17(13-24-21)26(28)29/h3-13H,1-2H3/b20-12-. The first-order valence-corrected chi connectivity index (χ1v) is 10.9. The summed E-state index contributed by atoms with van der Waals surface area (Å²) in [4.78, 5) is 29.2. The molecule has 2 heterocycles. The monoisotopic (exact) mass is 479 g/mol. The average Bonchev–Trinajstić information content (AvgIpc) is 3.08. The first kappa shape index (κ1) is 22.4. The summed E-state index contributed by atoms with van der Waals surface area (Å²) < 4.78 is 11.6. The van der Waals surface area contributed by atoms with E-state index in [1.54, 1.807) is 24.3 Å². The maximum absolute atomic E-state index is 13.0. The molecular formula is C23H17N3O5S2. The third-order valence-corrected chi connectivity index (χ3v) is 6.02. The van der Waals surface area contributed by atoms with Crippen molar-refractivity contribution in [3.8, 4) is 17.4 Å². The Morgan fingerprint density at radius 1 is 1.12 bits per heavy atom. The number of aryl methyl sites for hydroxylation is 1. The van der Waals surface area contributed by atoms with E-state index in [1.807, 2.05) is 31.2 Å². The van der Waals surface area contributed by atoms with E-state index in [1.165, 1.54) is 35.9 Å². The number of anilines is 1. The molecule has 3 aromatic rings. The summed E-state index contributed by atoms with van der Waals surface area (Å²) in [7, 11) is 1.49. The molecule has 0 bridgehead atoms. The minimum Gasteiger partial charge on any atom is -0.493 e. The molecule has 10 heteroatoms. The van der Waals surface area contributed by atoms with E-state index in [0.29, 0.717) is 20.7 Å². The van der Waals surface area contributed by atoms with Crippen LogP contribution in [0.2, 0.25) is 0 Å². The predicted molar refractivity (Wildman–Crippen MR) is 131 cm³/mol. The molecule has 0 N–H and O–H groups in total. The van der Waals surface area contributed by atoms with Gasteiger partial charge in [0, 0.05) is 12.1 Å². The van der Waals surface area contributed by atoms with Crippen LogP contribution in [0, 0.1) is 17.0 Å². The summed E-state index contributed by atoms with van der Waals surface area (Å²) in [6.07, 6.45) is 2.86. The van der Waals surface area contributed by atoms with Gasteiger partial charge < -0.3 is 9.47 Å². The maximum Gasteiger partial charge on any atom is 0.287 e. The first-order valence-electron chi connectivity index (χ1n) is 9.66. The fourth-order valence-corrected chi connectivity index (χ4v) is 4.35. The van der Waals surface area contributed by atoms with E-state index in [0.717, 1.165) is 23.0 Å². The highest BCUT2D eigenvalue weighted by atomic mass is 32.2. The zero-order valence-electron chi connectivity index (χ0n) is 17.6. The number of aromatic nitrogens is 1. The number of ether oxygens (including phenoxy) is 2. The van der Waals surface area contributed by atoms with Crippen LogP contribution >= 0.6 is 24.0 Å². The van der Waals surface area contributed by atoms with Crippen LogP contribution in [0.1, 0.15) is 11.1 Å². The number of carbonyl (C=O) groups excluding carboxylic acids is 1. The molecule has 0 radical (unpaired) electrons. The lowest BCUT2D eigenvalue weighted by atomic mass is 10.1. The molecular weight excluding hydrogens is 462 g/mol. The van der Waals surface area contributed by atoms with E-state index in [4.69, 9.17) is 21.7 Å². The largest absolute Gasteiger partial charge is 0.493 e. The van der Waals surface area contributed by atoms with Crippen LogP contribution in [0.5, 0.6) is 17.4 Å². The fourth-order valence-electron chi connectivity index (χ4n) is 3.05. The number of thioether (sulfide) groups is 1. The second-order valence-corrected chi connectivity index (χ2v) is 8.65. The summed E-state index contributed by atoms with van der Waals surface area (Å²) >= 11 is 6.66. The van der Waals surface area contributed by atoms with Gasteiger partial charge in [-0.2, -0.15) is 0 Å². The van der Waals surface area contributed by atoms with Crippen molar-refractivity contribution in [2.45, 2.75) is 6.92 Å². The number of rotatable bonds is 6. The van der Waals surface area contributed by atoms with Crippen molar-refractivity contribution < 1.29 is 19.2 Å². The van der Waals surface area contributed by atoms with Crippen LogP contribution < -0.4 is 14.4 Å². The van der Waals surface area contributed by atoms with Gasteiger partial charge in [-0.1, -0.05) is 47.7 Å². The van der Waals surface area contributed by atoms with Gasteiger partial charge in [0.2, 0.25) is 5.88 Å². The van der Waals surface area contributed by atoms with Crippen LogP contribution in [-0.4, -0.2) is 27.2 Å². The van der Waals surface area contributed by atoms with E-state index in [9.17, 15) is 14.9 Å². The third kappa shape index (κ3) is 4.86. The summed E-state index contributed by atoms with van der Waals surface area (Å²) in [6.45, 7) is 1.98. The molecule has 1 saturated heterocycles. The molecule has 0 spiro atoms. The molecule has 1 aliphatic rings. The Morgan fingerprint density at radius 2 is 1.88 bits per heavy atom. The van der Waals surface area contributed by atoms with Crippen LogP contribution in [0.4, 0.5) is 11.4 Å². The quantitative estimate of drug-likeness (QED) is 0.198. The van der Waals surface area contributed by atoms with E-state index in [-0.39, 0.29) is 17.5 Å². The van der Waals surface area contributed by atoms with Crippen LogP contribution in [0.15, 0.2) is 65.7 Å². The highest BCUT2D eigenvalue weighted by Gasteiger charge is 2.33. The molecule has 33 heavy (non-hydrogen) atoms. The second-order valence-electron chi connectivity index (χ2n) is 6.98. The average molecular weight is 480 g/mol. The molecule has 4 rings (SSSR count). The lowest BCUT2D eigenvalue weighted by Crippen LogP contribution is -2.27. The summed E-state index contributed by atoms with van der Waals surface area (Å²) in [5.74, 6) is 0.787. The van der Waals surface area contributed by atoms with Gasteiger partial charge in [-0.15, -0.1) is 0 Å². The van der Waals surface area contributed by atoms with Crippen molar-refractivity contribution in [3.63, 3.8) is 0 Å². The Hall–Kier alpha value is -3.76. The second kappa shape index (κ2) is 9.39. The number of methoxy groups -OCH3 is 1. The van der Waals surface area contributed by atoms with Crippen molar-refractivity contribution in [3.05, 3.63) is 86.9 Å². The topological polar surface area (TPSA) is 94.8 Å². The predicted octanol–water partition coefficient (Wildman–Crippen LogP) is 5.50. The zero-order valence-corrected chi connectivity index (χ0v) is 19.2. The van der Waals surface area contributed by atoms with Gasteiger partial charge in [0.05, 0.1) is 22.6 Å². The number of hydrogen-bond acceptors (Lipinski definition) is 8. The SMILES string of the molecule is COc1cc(/C=C2\SC(=S)N(c3ccc(C)cc3)C2=O)ccc1Oc1ccc([N+](=O)[O-])cn1. The third-order valence-electron chi connectivity index (χ3n) is 4.72. The van der Waals surface area contributed by atoms with Crippen molar-refractivity contribution in [2.75, 3.05) is 12.0 Å². The maximum atomic E-state index is 13.0. The number of nitro groups is 1. The van der Waals surface area contributed by atoms with Gasteiger partial charge >= 0.3 is 0 Å². The Bertz CT molecular complexity index is 1270. The molecule has 2 aromatic carbocycles. The Kier molecular flexibility index (Phi) is 6.38. The van der Waals surface area contributed by atoms with E-state index in [2.05, 4.69) is 4.98 Å². The molecule has 1 amide bonds. The van der Waals surface area contributed by atoms with E-state index < -0.39 is 4.92 Å². The number of benzene rings is 2. The van der Waals surface area contributed by atoms with Crippen LogP contribution in [-0.2, 0) is 4.79 Å². The van der Waals surface area contributed by atoms with Gasteiger partial charge in [0.25, 0.3) is 11.6 Å². The molecule has 0 aliphatic carbocycles. The summed E-state index contributed by atoms with van der Waals surface area (Å²) in [6, 6.07) is 15.5. The molecule has 0 unspecified atom stereocenters. The number of nitrogens with zero attached hydrogens (tertiary/aromatic N) is 3. The Labute approximate surface area is 199 Å². The van der Waals surface area contributed by atoms with Gasteiger partial charge in [0.1, 0.15) is 6.20 Å². The fraction of sp³-hybridized carbons (Fsp3) is 0.0870. The van der Waals surface area contributed by atoms with Crippen molar-refractivity contribution in [2.24, 2.45) is 0 Å². The molecule has 1 aliphatic heterocycles. The van der Waals surface area contributed by atoms with E-state index >= 15 is 0 Å². The summed E-state index contributed by atoms with van der Waals surface area (Å²) in [5, 5.41) is 10.8. The summed E-state index contributed by atoms with van der Waals surface area (Å²) in [5.41, 5.74) is 2.41.